The number of hydrogen-bond acceptors (Lipinski definition) is 6. The summed E-state index contributed by atoms with van der Waals surface area (Å²) in [6.45, 7) is 1.97. The summed E-state index contributed by atoms with van der Waals surface area (Å²) in [6, 6.07) is 9.53. The van der Waals surface area contributed by atoms with Crippen LogP contribution in [0.2, 0.25) is 0 Å². The van der Waals surface area contributed by atoms with E-state index in [1.54, 1.807) is 6.20 Å². The Morgan fingerprint density at radius 3 is 2.60 bits per heavy atom. The number of amides is 1. The van der Waals surface area contributed by atoms with Crippen LogP contribution in [0.15, 0.2) is 47.5 Å². The molecule has 0 unspecified atom stereocenters. The summed E-state index contributed by atoms with van der Waals surface area (Å²) in [5, 5.41) is 8.88. The summed E-state index contributed by atoms with van der Waals surface area (Å²) in [5.41, 5.74) is 7.34. The Bertz CT molecular complexity index is 1100. The van der Waals surface area contributed by atoms with Crippen LogP contribution in [-0.4, -0.2) is 24.3 Å². The predicted molar refractivity (Wildman–Crippen MR) is 93.9 cm³/mol. The molecule has 0 saturated carbocycles. The van der Waals surface area contributed by atoms with E-state index in [0.29, 0.717) is 0 Å². The largest absolute Gasteiger partial charge is 0.366 e. The molecule has 0 saturated heterocycles. The topological polar surface area (TPSA) is 141 Å². The number of carbonyl (C=O) groups is 1. The van der Waals surface area contributed by atoms with Crippen LogP contribution in [0.25, 0.3) is 10.9 Å². The zero-order valence-corrected chi connectivity index (χ0v) is 14.0. The van der Waals surface area contributed by atoms with Crippen molar-refractivity contribution in [3.8, 4) is 0 Å². The smallest absolute Gasteiger partial charge is 0.248 e. The minimum atomic E-state index is -4.00. The molecule has 0 fully saturated rings. The first-order valence-corrected chi connectivity index (χ1v) is 8.75. The molecule has 1 aromatic heterocycles. The molecule has 1 heterocycles. The van der Waals surface area contributed by atoms with Gasteiger partial charge in [0.15, 0.2) is 0 Å². The quantitative estimate of drug-likeness (QED) is 0.645. The molecule has 1 amide bonds. The van der Waals surface area contributed by atoms with E-state index in [1.165, 1.54) is 12.1 Å². The molecule has 8 nitrogen and oxygen atoms in total. The van der Waals surface area contributed by atoms with Crippen molar-refractivity contribution < 1.29 is 13.2 Å². The fraction of sp³-hybridized carbons (Fsp3) is 0.0625. The zero-order valence-electron chi connectivity index (χ0n) is 13.2. The second kappa shape index (κ2) is 6.11. The average Bonchev–Trinajstić information content (AvgIpc) is 2.54. The van der Waals surface area contributed by atoms with Gasteiger partial charge in [-0.1, -0.05) is 11.6 Å². The van der Waals surface area contributed by atoms with Crippen molar-refractivity contribution in [3.63, 3.8) is 0 Å². The predicted octanol–water partition coefficient (Wildman–Crippen LogP) is 1.43. The second-order valence-electron chi connectivity index (χ2n) is 5.54. The summed E-state index contributed by atoms with van der Waals surface area (Å²) < 4.78 is 23.2. The maximum Gasteiger partial charge on any atom is 0.248 e. The van der Waals surface area contributed by atoms with Crippen LogP contribution in [0, 0.1) is 6.92 Å². The number of nitrogens with two attached hydrogens (primary N) is 2. The number of sulfonamides is 1. The molecule has 0 atom stereocenters. The Morgan fingerprint density at radius 2 is 1.92 bits per heavy atom. The molecule has 0 radical (unpaired) electrons. The van der Waals surface area contributed by atoms with Gasteiger partial charge in [0, 0.05) is 22.8 Å². The number of anilines is 2. The summed E-state index contributed by atoms with van der Waals surface area (Å²) >= 11 is 0. The lowest BCUT2D eigenvalue weighted by Crippen LogP contribution is -2.16. The van der Waals surface area contributed by atoms with Gasteiger partial charge in [-0.3, -0.25) is 4.79 Å². The molecular formula is C16H15N5O3S. The maximum absolute atomic E-state index is 11.6. The minimum absolute atomic E-state index is 0.00504. The van der Waals surface area contributed by atoms with Crippen molar-refractivity contribution in [3.05, 3.63) is 53.7 Å². The number of rotatable bonds is 4. The number of hydrogen-bond donors (Lipinski definition) is 3. The summed E-state index contributed by atoms with van der Waals surface area (Å²) in [7, 11) is -4.00. The van der Waals surface area contributed by atoms with E-state index < -0.39 is 15.9 Å². The first-order chi connectivity index (χ1) is 11.7. The molecule has 3 aromatic rings. The van der Waals surface area contributed by atoms with Crippen LogP contribution in [0.4, 0.5) is 11.6 Å². The highest BCUT2D eigenvalue weighted by atomic mass is 32.2. The van der Waals surface area contributed by atoms with E-state index >= 15 is 0 Å². The molecule has 25 heavy (non-hydrogen) atoms. The van der Waals surface area contributed by atoms with E-state index in [1.807, 2.05) is 25.1 Å². The van der Waals surface area contributed by atoms with Gasteiger partial charge >= 0.3 is 0 Å². The summed E-state index contributed by atoms with van der Waals surface area (Å²) in [5.74, 6) is -0.526. The van der Waals surface area contributed by atoms with Gasteiger partial charge in [0.05, 0.1) is 10.4 Å². The maximum atomic E-state index is 11.6. The molecule has 0 aliphatic carbocycles. The van der Waals surface area contributed by atoms with E-state index in [-0.39, 0.29) is 22.1 Å². The normalized spacial score (nSPS) is 11.4. The van der Waals surface area contributed by atoms with Crippen LogP contribution < -0.4 is 16.2 Å². The fourth-order valence-corrected chi connectivity index (χ4v) is 2.90. The van der Waals surface area contributed by atoms with Crippen LogP contribution in [0.5, 0.6) is 0 Å². The van der Waals surface area contributed by atoms with E-state index in [4.69, 9.17) is 10.9 Å². The first kappa shape index (κ1) is 16.8. The van der Waals surface area contributed by atoms with Crippen molar-refractivity contribution in [2.75, 3.05) is 5.32 Å². The molecule has 0 aliphatic rings. The van der Waals surface area contributed by atoms with Crippen molar-refractivity contribution in [1.82, 2.24) is 9.97 Å². The van der Waals surface area contributed by atoms with Crippen molar-refractivity contribution in [1.29, 1.82) is 0 Å². The third-order valence-electron chi connectivity index (χ3n) is 3.51. The van der Waals surface area contributed by atoms with Gasteiger partial charge in [-0.25, -0.2) is 23.5 Å². The van der Waals surface area contributed by atoms with Gasteiger partial charge in [-0.2, -0.15) is 0 Å². The third kappa shape index (κ3) is 3.73. The van der Waals surface area contributed by atoms with E-state index in [9.17, 15) is 13.2 Å². The lowest BCUT2D eigenvalue weighted by molar-refractivity contribution is 0.1000. The van der Waals surface area contributed by atoms with E-state index in [2.05, 4.69) is 15.3 Å². The monoisotopic (exact) mass is 357 g/mol. The van der Waals surface area contributed by atoms with Gasteiger partial charge in [0.1, 0.15) is 0 Å². The second-order valence-corrected chi connectivity index (χ2v) is 7.10. The lowest BCUT2D eigenvalue weighted by atomic mass is 10.2. The number of nitrogens with one attached hydrogen (secondary N) is 1. The fourth-order valence-electron chi connectivity index (χ4n) is 2.32. The standard InChI is InChI=1S/C16H15N5O3S/c1-9-2-3-14-11(4-9)8-19-16(21-14)20-12-5-10(15(17)22)6-13(7-12)25(18,23)24/h2-8H,1H3,(H2,17,22)(H2,18,23,24)(H,19,20,21). The Labute approximate surface area is 143 Å². The molecule has 0 spiro atoms. The number of primary amides is 1. The lowest BCUT2D eigenvalue weighted by Gasteiger charge is -2.09. The van der Waals surface area contributed by atoms with Crippen LogP contribution in [0.1, 0.15) is 15.9 Å². The Balaban J connectivity index is 2.03. The molecule has 0 aliphatic heterocycles. The molecule has 0 bridgehead atoms. The van der Waals surface area contributed by atoms with Gasteiger partial charge in [-0.05, 0) is 37.3 Å². The SMILES string of the molecule is Cc1ccc2nc(Nc3cc(C(N)=O)cc(S(N)(=O)=O)c3)ncc2c1. The van der Waals surface area contributed by atoms with Crippen LogP contribution in [-0.2, 0) is 10.0 Å². The number of benzene rings is 2. The van der Waals surface area contributed by atoms with Crippen LogP contribution >= 0.6 is 0 Å². The zero-order chi connectivity index (χ0) is 18.2. The van der Waals surface area contributed by atoms with Gasteiger partial charge in [-0.15, -0.1) is 0 Å². The number of aromatic nitrogens is 2. The van der Waals surface area contributed by atoms with Crippen LogP contribution in [0.3, 0.4) is 0 Å². The van der Waals surface area contributed by atoms with E-state index in [0.717, 1.165) is 22.5 Å². The first-order valence-electron chi connectivity index (χ1n) is 7.20. The Morgan fingerprint density at radius 1 is 1.16 bits per heavy atom. The molecule has 3 rings (SSSR count). The number of primary sulfonamides is 1. The molecule has 2 aromatic carbocycles. The number of aryl methyl sites for hydroxylation is 1. The van der Waals surface area contributed by atoms with Gasteiger partial charge in [0.25, 0.3) is 0 Å². The molecule has 5 N–H and O–H groups in total. The number of fused-ring (bicyclic) bond motifs is 1. The molecule has 128 valence electrons. The summed E-state index contributed by atoms with van der Waals surface area (Å²) in [6.07, 6.45) is 1.65. The Kier molecular flexibility index (Phi) is 4.11. The highest BCUT2D eigenvalue weighted by molar-refractivity contribution is 7.89. The average molecular weight is 357 g/mol. The Hall–Kier alpha value is -3.04. The number of nitrogens with zero attached hydrogens (tertiary/aromatic N) is 2. The van der Waals surface area contributed by atoms with Gasteiger partial charge in [0.2, 0.25) is 21.9 Å². The van der Waals surface area contributed by atoms with Crippen molar-refractivity contribution >= 4 is 38.5 Å². The van der Waals surface area contributed by atoms with Crippen molar-refractivity contribution in [2.45, 2.75) is 11.8 Å². The van der Waals surface area contributed by atoms with Crippen molar-refractivity contribution in [2.24, 2.45) is 10.9 Å². The number of carbonyl (C=O) groups excluding carboxylic acids is 1. The highest BCUT2D eigenvalue weighted by Gasteiger charge is 2.14. The minimum Gasteiger partial charge on any atom is -0.366 e. The molecular weight excluding hydrogens is 342 g/mol. The van der Waals surface area contributed by atoms with Gasteiger partial charge < -0.3 is 11.1 Å². The third-order valence-corrected chi connectivity index (χ3v) is 4.40. The molecule has 9 heteroatoms. The summed E-state index contributed by atoms with van der Waals surface area (Å²) in [4.78, 5) is 19.7. The highest BCUT2D eigenvalue weighted by Crippen LogP contribution is 2.22.